The first-order chi connectivity index (χ1) is 5.41. The molecule has 0 fully saturated rings. The minimum atomic E-state index is -3.76. The summed E-state index contributed by atoms with van der Waals surface area (Å²) in [7, 11) is 1.26. The molecule has 0 saturated carbocycles. The maximum atomic E-state index is 10.7. The summed E-state index contributed by atoms with van der Waals surface area (Å²) < 4.78 is 21.5. The monoisotopic (exact) mass is 288 g/mol. The number of hydrogen-bond donors (Lipinski definition) is 2. The Morgan fingerprint density at radius 3 is 2.31 bits per heavy atom. The van der Waals surface area contributed by atoms with Gasteiger partial charge in [0.1, 0.15) is 5.75 Å². The molecule has 0 aromatic heterocycles. The molecular formula is C6H5ClO3S2Zn+2. The van der Waals surface area contributed by atoms with Crippen molar-refractivity contribution in [1.29, 1.82) is 0 Å². The second-order valence-electron chi connectivity index (χ2n) is 2.09. The first-order valence-electron chi connectivity index (χ1n) is 2.88. The summed E-state index contributed by atoms with van der Waals surface area (Å²) in [5, 5.41) is 9.06. The van der Waals surface area contributed by atoms with E-state index in [4.69, 9.17) is 15.8 Å². The van der Waals surface area contributed by atoms with Crippen molar-refractivity contribution in [1.82, 2.24) is 0 Å². The van der Waals surface area contributed by atoms with Crippen LogP contribution in [0, 0.1) is 0 Å². The van der Waals surface area contributed by atoms with Crippen LogP contribution in [0.25, 0.3) is 0 Å². The minimum Gasteiger partial charge on any atom is -0.507 e. The molecule has 66 valence electrons. The number of benzene rings is 1. The van der Waals surface area contributed by atoms with Gasteiger partial charge < -0.3 is 5.11 Å². The molecule has 0 bridgehead atoms. The minimum absolute atomic E-state index is 0. The van der Waals surface area contributed by atoms with Crippen LogP contribution < -0.4 is 0 Å². The summed E-state index contributed by atoms with van der Waals surface area (Å²) in [5.74, 6) is -0.208. The van der Waals surface area contributed by atoms with Gasteiger partial charge in [0.05, 0.1) is 4.90 Å². The van der Waals surface area contributed by atoms with Crippen molar-refractivity contribution in [3.63, 3.8) is 0 Å². The van der Waals surface area contributed by atoms with E-state index >= 15 is 0 Å². The van der Waals surface area contributed by atoms with E-state index in [9.17, 15) is 8.42 Å². The molecule has 3 nitrogen and oxygen atoms in total. The number of phenolic OH excluding ortho intramolecular Hbond substituents is 1. The number of phenols is 1. The Balaban J connectivity index is 0.00000144. The number of aromatic hydroxyl groups is 1. The molecule has 0 unspecified atom stereocenters. The maximum absolute atomic E-state index is 10.7. The zero-order valence-electron chi connectivity index (χ0n) is 6.44. The molecular weight excluding hydrogens is 285 g/mol. The number of thiol groups is 1. The zero-order valence-corrected chi connectivity index (χ0v) is 11.9. The third-order valence-corrected chi connectivity index (χ3v) is 2.96. The van der Waals surface area contributed by atoms with E-state index in [2.05, 4.69) is 12.6 Å². The van der Waals surface area contributed by atoms with E-state index in [1.165, 1.54) is 12.1 Å². The fraction of sp³-hybridized carbons (Fsp3) is 0. The van der Waals surface area contributed by atoms with Crippen LogP contribution in [0.15, 0.2) is 28.0 Å². The zero-order chi connectivity index (χ0) is 9.35. The predicted molar refractivity (Wildman–Crippen MR) is 48.4 cm³/mol. The fourth-order valence-electron chi connectivity index (χ4n) is 0.655. The van der Waals surface area contributed by atoms with Gasteiger partial charge in [-0.1, -0.05) is 0 Å². The molecule has 0 radical (unpaired) electrons. The van der Waals surface area contributed by atoms with Crippen molar-refractivity contribution in [2.24, 2.45) is 0 Å². The Labute approximate surface area is 98.7 Å². The number of halogens is 1. The van der Waals surface area contributed by atoms with Crippen LogP contribution in [0.1, 0.15) is 0 Å². The fourth-order valence-corrected chi connectivity index (χ4v) is 1.56. The number of rotatable bonds is 1. The second kappa shape index (κ2) is 4.64. The molecule has 7 heteroatoms. The Hall–Kier alpha value is 0.233. The third-order valence-electron chi connectivity index (χ3n) is 1.23. The standard InChI is InChI=1S/C6H5ClO3S2.Zn/c7-12(9,10)4-1-2-6(11)5(8)3-4;/h1-3,8,11H;/q;+2. The molecule has 13 heavy (non-hydrogen) atoms. The van der Waals surface area contributed by atoms with Crippen LogP contribution in [0.3, 0.4) is 0 Å². The average molecular weight is 290 g/mol. The molecule has 0 saturated heterocycles. The molecule has 0 amide bonds. The van der Waals surface area contributed by atoms with E-state index in [1.807, 2.05) is 0 Å². The van der Waals surface area contributed by atoms with Gasteiger partial charge in [0, 0.05) is 21.6 Å². The molecule has 1 aromatic carbocycles. The molecule has 0 spiro atoms. The van der Waals surface area contributed by atoms with Crippen molar-refractivity contribution >= 4 is 32.4 Å². The SMILES string of the molecule is O=S(=O)(Cl)c1ccc(S)c(O)c1.[Zn+2]. The number of hydrogen-bond acceptors (Lipinski definition) is 4. The first-order valence-corrected chi connectivity index (χ1v) is 5.63. The predicted octanol–water partition coefficient (Wildman–Crippen LogP) is 1.61. The topological polar surface area (TPSA) is 54.4 Å². The smallest absolute Gasteiger partial charge is 0.507 e. The molecule has 0 heterocycles. The van der Waals surface area contributed by atoms with E-state index < -0.39 is 9.05 Å². The summed E-state index contributed by atoms with van der Waals surface area (Å²) in [5.41, 5.74) is 0. The van der Waals surface area contributed by atoms with Crippen LogP contribution in [0.2, 0.25) is 0 Å². The molecule has 1 aromatic rings. The van der Waals surface area contributed by atoms with E-state index in [0.29, 0.717) is 4.90 Å². The van der Waals surface area contributed by atoms with Gasteiger partial charge in [0.15, 0.2) is 0 Å². The third kappa shape index (κ3) is 3.46. The molecule has 0 aliphatic heterocycles. The van der Waals surface area contributed by atoms with Gasteiger partial charge in [-0.05, 0) is 12.1 Å². The van der Waals surface area contributed by atoms with Gasteiger partial charge in [0.25, 0.3) is 9.05 Å². The Kier molecular flexibility index (Phi) is 4.73. The van der Waals surface area contributed by atoms with Crippen LogP contribution in [-0.2, 0) is 28.5 Å². The van der Waals surface area contributed by atoms with Crippen molar-refractivity contribution in [3.05, 3.63) is 18.2 Å². The average Bonchev–Trinajstić information content (AvgIpc) is 1.92. The second-order valence-corrected chi connectivity index (χ2v) is 5.14. The Morgan fingerprint density at radius 1 is 1.38 bits per heavy atom. The van der Waals surface area contributed by atoms with Gasteiger partial charge in [0.2, 0.25) is 0 Å². The Morgan fingerprint density at radius 2 is 1.92 bits per heavy atom. The van der Waals surface area contributed by atoms with E-state index in [0.717, 1.165) is 6.07 Å². The van der Waals surface area contributed by atoms with Crippen molar-refractivity contribution in [2.75, 3.05) is 0 Å². The van der Waals surface area contributed by atoms with Gasteiger partial charge in [-0.2, -0.15) is 0 Å². The molecule has 1 rings (SSSR count). The van der Waals surface area contributed by atoms with Gasteiger partial charge in [-0.3, -0.25) is 0 Å². The van der Waals surface area contributed by atoms with E-state index in [1.54, 1.807) is 0 Å². The normalized spacial score (nSPS) is 10.6. The van der Waals surface area contributed by atoms with Gasteiger partial charge in [-0.25, -0.2) is 8.42 Å². The largest absolute Gasteiger partial charge is 2.00 e. The summed E-state index contributed by atoms with van der Waals surface area (Å²) >= 11 is 3.85. The summed E-state index contributed by atoms with van der Waals surface area (Å²) in [6, 6.07) is 3.67. The van der Waals surface area contributed by atoms with Crippen molar-refractivity contribution in [2.45, 2.75) is 9.79 Å². The van der Waals surface area contributed by atoms with Gasteiger partial charge in [-0.15, -0.1) is 12.6 Å². The summed E-state index contributed by atoms with van der Waals surface area (Å²) in [6.07, 6.45) is 0. The van der Waals surface area contributed by atoms with Crippen molar-refractivity contribution < 1.29 is 33.0 Å². The van der Waals surface area contributed by atoms with Gasteiger partial charge >= 0.3 is 19.5 Å². The summed E-state index contributed by atoms with van der Waals surface area (Å²) in [4.78, 5) is 0.165. The van der Waals surface area contributed by atoms with E-state index in [-0.39, 0.29) is 30.1 Å². The van der Waals surface area contributed by atoms with Crippen LogP contribution in [-0.4, -0.2) is 13.5 Å². The maximum Gasteiger partial charge on any atom is 2.00 e. The molecule has 0 aliphatic carbocycles. The molecule has 0 atom stereocenters. The van der Waals surface area contributed by atoms with Crippen molar-refractivity contribution in [3.8, 4) is 5.75 Å². The molecule has 0 aliphatic rings. The summed E-state index contributed by atoms with van der Waals surface area (Å²) in [6.45, 7) is 0. The van der Waals surface area contributed by atoms with Crippen LogP contribution >= 0.6 is 23.3 Å². The van der Waals surface area contributed by atoms with Crippen LogP contribution in [0.4, 0.5) is 0 Å². The molecule has 1 N–H and O–H groups in total. The first kappa shape index (κ1) is 13.2. The quantitative estimate of drug-likeness (QED) is 0.469. The Bertz CT molecular complexity index is 404. The van der Waals surface area contributed by atoms with Crippen LogP contribution in [0.5, 0.6) is 5.75 Å².